The van der Waals surface area contributed by atoms with E-state index < -0.39 is 0 Å². The van der Waals surface area contributed by atoms with E-state index in [0.29, 0.717) is 0 Å². The van der Waals surface area contributed by atoms with Crippen molar-refractivity contribution in [1.29, 1.82) is 0 Å². The second kappa shape index (κ2) is 5.04. The zero-order valence-corrected chi connectivity index (χ0v) is 8.32. The van der Waals surface area contributed by atoms with Crippen molar-refractivity contribution in [3.05, 3.63) is 23.9 Å². The van der Waals surface area contributed by atoms with Gasteiger partial charge in [0.2, 0.25) is 0 Å². The van der Waals surface area contributed by atoms with Crippen molar-refractivity contribution < 1.29 is 0 Å². The molecule has 0 spiro atoms. The monoisotopic (exact) mass is 182 g/mol. The molecule has 1 aromatic heterocycles. The molecule has 2 nitrogen and oxygen atoms in total. The summed E-state index contributed by atoms with van der Waals surface area (Å²) in [7, 11) is 1.89. The third-order valence-corrected chi connectivity index (χ3v) is 2.43. The minimum atomic E-state index is 0.948. The molecule has 3 heteroatoms. The molecule has 0 radical (unpaired) electrons. The molecule has 0 aromatic carbocycles. The first-order valence-corrected chi connectivity index (χ1v) is 5.23. The van der Waals surface area contributed by atoms with Crippen molar-refractivity contribution in [2.24, 2.45) is 0 Å². The van der Waals surface area contributed by atoms with Crippen LogP contribution in [0.4, 0.5) is 5.82 Å². The van der Waals surface area contributed by atoms with Crippen LogP contribution in [0, 0.1) is 0 Å². The van der Waals surface area contributed by atoms with Gasteiger partial charge in [-0.2, -0.15) is 11.8 Å². The van der Waals surface area contributed by atoms with Gasteiger partial charge in [0.25, 0.3) is 0 Å². The maximum atomic E-state index is 4.40. The minimum Gasteiger partial charge on any atom is -0.373 e. The van der Waals surface area contributed by atoms with Crippen LogP contribution < -0.4 is 5.32 Å². The van der Waals surface area contributed by atoms with Gasteiger partial charge < -0.3 is 5.32 Å². The molecule has 0 aliphatic carbocycles. The fourth-order valence-electron chi connectivity index (χ4n) is 0.906. The molecule has 1 aromatic rings. The number of nitrogens with zero attached hydrogens (tertiary/aromatic N) is 1. The first-order chi connectivity index (χ1) is 5.86. The van der Waals surface area contributed by atoms with Crippen LogP contribution in [0.3, 0.4) is 0 Å². The van der Waals surface area contributed by atoms with Crippen molar-refractivity contribution in [2.45, 2.75) is 12.7 Å². The zero-order chi connectivity index (χ0) is 8.81. The highest BCUT2D eigenvalue weighted by molar-refractivity contribution is 7.98. The normalized spacial score (nSPS) is 9.83. The Morgan fingerprint density at radius 1 is 1.50 bits per heavy atom. The SMILES string of the molecule is CCSCc1cccc(NC)n1. The summed E-state index contributed by atoms with van der Waals surface area (Å²) in [6.07, 6.45) is 0. The van der Waals surface area contributed by atoms with E-state index >= 15 is 0 Å². The fraction of sp³-hybridized carbons (Fsp3) is 0.444. The van der Waals surface area contributed by atoms with Crippen LogP contribution in [0.2, 0.25) is 0 Å². The fourth-order valence-corrected chi connectivity index (χ4v) is 1.48. The van der Waals surface area contributed by atoms with Gasteiger partial charge in [0.05, 0.1) is 5.69 Å². The van der Waals surface area contributed by atoms with Crippen molar-refractivity contribution in [3.63, 3.8) is 0 Å². The van der Waals surface area contributed by atoms with E-state index in [-0.39, 0.29) is 0 Å². The maximum Gasteiger partial charge on any atom is 0.125 e. The van der Waals surface area contributed by atoms with Gasteiger partial charge in [-0.05, 0) is 17.9 Å². The standard InChI is InChI=1S/C9H14N2S/c1-3-12-7-8-5-4-6-9(10-2)11-8/h4-6H,3,7H2,1-2H3,(H,10,11). The van der Waals surface area contributed by atoms with E-state index in [9.17, 15) is 0 Å². The van der Waals surface area contributed by atoms with Crippen LogP contribution in [-0.4, -0.2) is 17.8 Å². The summed E-state index contributed by atoms with van der Waals surface area (Å²) < 4.78 is 0. The van der Waals surface area contributed by atoms with Crippen LogP contribution in [-0.2, 0) is 5.75 Å². The summed E-state index contributed by atoms with van der Waals surface area (Å²) in [5.74, 6) is 3.10. The van der Waals surface area contributed by atoms with E-state index in [4.69, 9.17) is 0 Å². The number of anilines is 1. The lowest BCUT2D eigenvalue weighted by Gasteiger charge is -2.02. The van der Waals surface area contributed by atoms with Crippen molar-refractivity contribution in [3.8, 4) is 0 Å². The van der Waals surface area contributed by atoms with Gasteiger partial charge in [0.15, 0.2) is 0 Å². The largest absolute Gasteiger partial charge is 0.373 e. The summed E-state index contributed by atoms with van der Waals surface area (Å²) in [6.45, 7) is 2.16. The highest BCUT2D eigenvalue weighted by Gasteiger charge is 1.94. The molecule has 0 bridgehead atoms. The van der Waals surface area contributed by atoms with Gasteiger partial charge >= 0.3 is 0 Å². The minimum absolute atomic E-state index is 0.948. The van der Waals surface area contributed by atoms with E-state index in [2.05, 4.69) is 23.3 Å². The average Bonchev–Trinajstić information content (AvgIpc) is 2.15. The predicted octanol–water partition coefficient (Wildman–Crippen LogP) is 2.38. The molecule has 0 amide bonds. The summed E-state index contributed by atoms with van der Waals surface area (Å²) in [5.41, 5.74) is 1.15. The zero-order valence-electron chi connectivity index (χ0n) is 7.50. The Kier molecular flexibility index (Phi) is 3.94. The predicted molar refractivity (Wildman–Crippen MR) is 55.6 cm³/mol. The number of hydrogen-bond acceptors (Lipinski definition) is 3. The van der Waals surface area contributed by atoms with Crippen LogP contribution in [0.1, 0.15) is 12.6 Å². The van der Waals surface area contributed by atoms with Gasteiger partial charge in [-0.25, -0.2) is 4.98 Å². The smallest absolute Gasteiger partial charge is 0.125 e. The number of hydrogen-bond donors (Lipinski definition) is 1. The molecule has 0 saturated heterocycles. The molecule has 66 valence electrons. The highest BCUT2D eigenvalue weighted by Crippen LogP contribution is 2.11. The summed E-state index contributed by atoms with van der Waals surface area (Å²) in [4.78, 5) is 4.40. The second-order valence-corrected chi connectivity index (χ2v) is 3.68. The van der Waals surface area contributed by atoms with E-state index in [1.165, 1.54) is 0 Å². The second-order valence-electron chi connectivity index (χ2n) is 2.40. The highest BCUT2D eigenvalue weighted by atomic mass is 32.2. The Morgan fingerprint density at radius 3 is 3.00 bits per heavy atom. The quantitative estimate of drug-likeness (QED) is 0.774. The molecule has 1 N–H and O–H groups in total. The molecule has 0 saturated carbocycles. The van der Waals surface area contributed by atoms with Gasteiger partial charge in [0, 0.05) is 12.8 Å². The van der Waals surface area contributed by atoms with Gasteiger partial charge in [-0.1, -0.05) is 13.0 Å². The van der Waals surface area contributed by atoms with Crippen LogP contribution >= 0.6 is 11.8 Å². The molecule has 0 atom stereocenters. The van der Waals surface area contributed by atoms with E-state index in [1.54, 1.807) is 0 Å². The maximum absolute atomic E-state index is 4.40. The molecule has 1 rings (SSSR count). The third-order valence-electron chi connectivity index (χ3n) is 1.52. The number of aromatic nitrogens is 1. The van der Waals surface area contributed by atoms with Crippen molar-refractivity contribution >= 4 is 17.6 Å². The molecule has 12 heavy (non-hydrogen) atoms. The van der Waals surface area contributed by atoms with Crippen molar-refractivity contribution in [2.75, 3.05) is 18.1 Å². The van der Waals surface area contributed by atoms with Crippen molar-refractivity contribution in [1.82, 2.24) is 4.98 Å². The molecule has 0 unspecified atom stereocenters. The molecule has 0 fully saturated rings. The number of thioether (sulfide) groups is 1. The Morgan fingerprint density at radius 2 is 2.33 bits per heavy atom. The lowest BCUT2D eigenvalue weighted by atomic mass is 10.4. The Hall–Kier alpha value is -0.700. The van der Waals surface area contributed by atoms with Crippen LogP contribution in [0.15, 0.2) is 18.2 Å². The molecule has 1 heterocycles. The third kappa shape index (κ3) is 2.74. The van der Waals surface area contributed by atoms with E-state index in [1.807, 2.05) is 30.9 Å². The summed E-state index contributed by atoms with van der Waals surface area (Å²) >= 11 is 1.89. The molecular formula is C9H14N2S. The first kappa shape index (κ1) is 9.39. The molecular weight excluding hydrogens is 168 g/mol. The first-order valence-electron chi connectivity index (χ1n) is 4.08. The van der Waals surface area contributed by atoms with Gasteiger partial charge in [0.1, 0.15) is 5.82 Å². The van der Waals surface area contributed by atoms with Gasteiger partial charge in [-0.15, -0.1) is 0 Å². The number of rotatable bonds is 4. The van der Waals surface area contributed by atoms with E-state index in [0.717, 1.165) is 23.0 Å². The molecule has 0 aliphatic rings. The summed E-state index contributed by atoms with van der Waals surface area (Å²) in [6, 6.07) is 6.06. The van der Waals surface area contributed by atoms with Gasteiger partial charge in [-0.3, -0.25) is 0 Å². The Bertz CT molecular complexity index is 238. The lowest BCUT2D eigenvalue weighted by Crippen LogP contribution is -1.94. The van der Waals surface area contributed by atoms with Crippen LogP contribution in [0.5, 0.6) is 0 Å². The topological polar surface area (TPSA) is 24.9 Å². The number of nitrogens with one attached hydrogen (secondary N) is 1. The molecule has 0 aliphatic heterocycles. The van der Waals surface area contributed by atoms with Crippen LogP contribution in [0.25, 0.3) is 0 Å². The average molecular weight is 182 g/mol. The Balaban J connectivity index is 2.60. The number of pyridine rings is 1. The Labute approximate surface area is 77.8 Å². The lowest BCUT2D eigenvalue weighted by molar-refractivity contribution is 1.16. The summed E-state index contributed by atoms with van der Waals surface area (Å²) in [5, 5.41) is 3.02.